The summed E-state index contributed by atoms with van der Waals surface area (Å²) in [6, 6.07) is 9.70. The lowest BCUT2D eigenvalue weighted by Crippen LogP contribution is -2.26. The molecule has 7 heteroatoms. The van der Waals surface area contributed by atoms with Gasteiger partial charge in [-0.3, -0.25) is 0 Å². The van der Waals surface area contributed by atoms with Crippen LogP contribution in [0.5, 0.6) is 0 Å². The first-order valence-corrected chi connectivity index (χ1v) is 8.19. The second-order valence-electron chi connectivity index (χ2n) is 4.41. The van der Waals surface area contributed by atoms with E-state index in [2.05, 4.69) is 20.0 Å². The predicted molar refractivity (Wildman–Crippen MR) is 81.5 cm³/mol. The molecule has 0 saturated carbocycles. The van der Waals surface area contributed by atoms with E-state index in [1.807, 2.05) is 37.3 Å². The maximum Gasteiger partial charge on any atom is 0.243 e. The topological polar surface area (TPSA) is 84.0 Å². The Morgan fingerprint density at radius 3 is 2.38 bits per heavy atom. The van der Waals surface area contributed by atoms with Gasteiger partial charge in [-0.1, -0.05) is 30.3 Å². The molecule has 1 aromatic heterocycles. The molecule has 0 unspecified atom stereocenters. The molecule has 6 nitrogen and oxygen atoms in total. The Morgan fingerprint density at radius 2 is 1.76 bits per heavy atom. The molecule has 2 aromatic rings. The first-order chi connectivity index (χ1) is 10.1. The van der Waals surface area contributed by atoms with Crippen molar-refractivity contribution in [2.45, 2.75) is 18.2 Å². The molecule has 2 N–H and O–H groups in total. The van der Waals surface area contributed by atoms with Gasteiger partial charge in [-0.25, -0.2) is 23.1 Å². The van der Waals surface area contributed by atoms with Gasteiger partial charge in [-0.15, -0.1) is 0 Å². The Morgan fingerprint density at radius 1 is 1.10 bits per heavy atom. The highest BCUT2D eigenvalue weighted by Gasteiger charge is 2.14. The van der Waals surface area contributed by atoms with Crippen molar-refractivity contribution >= 4 is 16.0 Å². The molecule has 0 saturated heterocycles. The Hall–Kier alpha value is -1.99. The van der Waals surface area contributed by atoms with Crippen LogP contribution in [0.2, 0.25) is 0 Å². The van der Waals surface area contributed by atoms with Gasteiger partial charge in [0, 0.05) is 13.1 Å². The summed E-state index contributed by atoms with van der Waals surface area (Å²) in [6.45, 7) is 2.93. The monoisotopic (exact) mass is 306 g/mol. The zero-order chi connectivity index (χ0) is 15.1. The van der Waals surface area contributed by atoms with Crippen molar-refractivity contribution in [1.82, 2.24) is 14.7 Å². The smallest absolute Gasteiger partial charge is 0.243 e. The van der Waals surface area contributed by atoms with Crippen LogP contribution in [0.3, 0.4) is 0 Å². The molecule has 1 heterocycles. The van der Waals surface area contributed by atoms with Gasteiger partial charge in [0.25, 0.3) is 0 Å². The second-order valence-corrected chi connectivity index (χ2v) is 6.17. The molecule has 0 atom stereocenters. The molecular weight excluding hydrogens is 288 g/mol. The molecule has 0 amide bonds. The highest BCUT2D eigenvalue weighted by molar-refractivity contribution is 7.89. The third-order valence-corrected chi connectivity index (χ3v) is 4.24. The van der Waals surface area contributed by atoms with Crippen molar-refractivity contribution in [3.8, 4) is 0 Å². The lowest BCUT2D eigenvalue weighted by molar-refractivity contribution is 0.580. The van der Waals surface area contributed by atoms with Gasteiger partial charge in [0.1, 0.15) is 4.90 Å². The van der Waals surface area contributed by atoms with Gasteiger partial charge in [-0.2, -0.15) is 0 Å². The summed E-state index contributed by atoms with van der Waals surface area (Å²) >= 11 is 0. The van der Waals surface area contributed by atoms with E-state index in [-0.39, 0.29) is 4.90 Å². The van der Waals surface area contributed by atoms with Crippen LogP contribution in [0, 0.1) is 0 Å². The molecule has 1 aromatic carbocycles. The first kappa shape index (κ1) is 15.4. The number of aromatic nitrogens is 2. The van der Waals surface area contributed by atoms with Crippen LogP contribution >= 0.6 is 0 Å². The highest BCUT2D eigenvalue weighted by atomic mass is 32.2. The summed E-state index contributed by atoms with van der Waals surface area (Å²) in [4.78, 5) is 7.99. The van der Waals surface area contributed by atoms with Crippen molar-refractivity contribution in [2.24, 2.45) is 0 Å². The number of nitrogens with zero attached hydrogens (tertiary/aromatic N) is 2. The van der Waals surface area contributed by atoms with Crippen molar-refractivity contribution in [1.29, 1.82) is 0 Å². The Balaban J connectivity index is 1.95. The number of anilines is 1. The van der Waals surface area contributed by atoms with Gasteiger partial charge in [-0.05, 0) is 18.9 Å². The van der Waals surface area contributed by atoms with Gasteiger partial charge in [0.05, 0.1) is 12.4 Å². The van der Waals surface area contributed by atoms with Crippen LogP contribution in [0.4, 0.5) is 5.95 Å². The van der Waals surface area contributed by atoms with Crippen LogP contribution in [-0.2, 0) is 16.4 Å². The van der Waals surface area contributed by atoms with Crippen LogP contribution in [0.25, 0.3) is 0 Å². The molecule has 0 radical (unpaired) electrons. The highest BCUT2D eigenvalue weighted by Crippen LogP contribution is 2.07. The summed E-state index contributed by atoms with van der Waals surface area (Å²) in [6.07, 6.45) is 3.24. The molecule has 0 aliphatic heterocycles. The lowest BCUT2D eigenvalue weighted by atomic mass is 10.2. The van der Waals surface area contributed by atoms with Gasteiger partial charge < -0.3 is 5.32 Å². The first-order valence-electron chi connectivity index (χ1n) is 6.71. The fraction of sp³-hybridized carbons (Fsp3) is 0.286. The second kappa shape index (κ2) is 7.14. The average Bonchev–Trinajstić information content (AvgIpc) is 2.49. The molecular formula is C14H18N4O2S. The third-order valence-electron chi connectivity index (χ3n) is 2.82. The molecule has 2 rings (SSSR count). The lowest BCUT2D eigenvalue weighted by Gasteiger charge is -2.07. The Labute approximate surface area is 124 Å². The summed E-state index contributed by atoms with van der Waals surface area (Å²) in [5.74, 6) is 0.417. The van der Waals surface area contributed by atoms with E-state index in [1.54, 1.807) is 0 Å². The van der Waals surface area contributed by atoms with E-state index in [0.717, 1.165) is 5.56 Å². The maximum atomic E-state index is 12.1. The number of sulfonamides is 1. The van der Waals surface area contributed by atoms with Crippen molar-refractivity contribution in [3.63, 3.8) is 0 Å². The average molecular weight is 306 g/mol. The van der Waals surface area contributed by atoms with Crippen molar-refractivity contribution in [2.75, 3.05) is 18.4 Å². The summed E-state index contributed by atoms with van der Waals surface area (Å²) < 4.78 is 26.7. The van der Waals surface area contributed by atoms with E-state index < -0.39 is 10.0 Å². The normalized spacial score (nSPS) is 11.3. The largest absolute Gasteiger partial charge is 0.355 e. The van der Waals surface area contributed by atoms with E-state index in [4.69, 9.17) is 0 Å². The number of rotatable bonds is 7. The Kier molecular flexibility index (Phi) is 5.24. The van der Waals surface area contributed by atoms with Crippen molar-refractivity contribution in [3.05, 3.63) is 48.3 Å². The number of benzene rings is 1. The number of hydrogen-bond acceptors (Lipinski definition) is 5. The fourth-order valence-electron chi connectivity index (χ4n) is 1.76. The van der Waals surface area contributed by atoms with Gasteiger partial charge in [0.2, 0.25) is 16.0 Å². The summed E-state index contributed by atoms with van der Waals surface area (Å²) in [7, 11) is -3.56. The SMILES string of the molecule is CCNc1ncc(S(=O)(=O)NCCc2ccccc2)cn1. The standard InChI is InChI=1S/C14H18N4O2S/c1-2-15-14-16-10-13(11-17-14)21(19,20)18-9-8-12-6-4-3-5-7-12/h3-7,10-11,18H,2,8-9H2,1H3,(H,15,16,17). The van der Waals surface area contributed by atoms with Crippen LogP contribution in [0.1, 0.15) is 12.5 Å². The third kappa shape index (κ3) is 4.51. The maximum absolute atomic E-state index is 12.1. The minimum Gasteiger partial charge on any atom is -0.355 e. The predicted octanol–water partition coefficient (Wildman–Crippen LogP) is 1.43. The molecule has 0 aliphatic rings. The van der Waals surface area contributed by atoms with E-state index in [1.165, 1.54) is 12.4 Å². The molecule has 0 bridgehead atoms. The fourth-order valence-corrected chi connectivity index (χ4v) is 2.68. The summed E-state index contributed by atoms with van der Waals surface area (Å²) in [5.41, 5.74) is 1.08. The minimum atomic E-state index is -3.56. The minimum absolute atomic E-state index is 0.0669. The Bertz CT molecular complexity index is 657. The van der Waals surface area contributed by atoms with Crippen LogP contribution in [0.15, 0.2) is 47.6 Å². The molecule has 0 fully saturated rings. The van der Waals surface area contributed by atoms with E-state index in [0.29, 0.717) is 25.5 Å². The number of hydrogen-bond donors (Lipinski definition) is 2. The summed E-state index contributed by atoms with van der Waals surface area (Å²) in [5, 5.41) is 2.91. The van der Waals surface area contributed by atoms with Crippen LogP contribution in [-0.4, -0.2) is 31.5 Å². The quantitative estimate of drug-likeness (QED) is 0.808. The zero-order valence-electron chi connectivity index (χ0n) is 11.8. The molecule has 0 spiro atoms. The molecule has 21 heavy (non-hydrogen) atoms. The zero-order valence-corrected chi connectivity index (χ0v) is 12.6. The number of nitrogens with one attached hydrogen (secondary N) is 2. The van der Waals surface area contributed by atoms with Crippen molar-refractivity contribution < 1.29 is 8.42 Å². The van der Waals surface area contributed by atoms with Gasteiger partial charge in [0.15, 0.2) is 0 Å². The van der Waals surface area contributed by atoms with Crippen LogP contribution < -0.4 is 10.0 Å². The molecule has 0 aliphatic carbocycles. The van der Waals surface area contributed by atoms with E-state index in [9.17, 15) is 8.42 Å². The molecule has 112 valence electrons. The van der Waals surface area contributed by atoms with E-state index >= 15 is 0 Å². The van der Waals surface area contributed by atoms with Gasteiger partial charge >= 0.3 is 0 Å².